The zero-order chi connectivity index (χ0) is 20.8. The summed E-state index contributed by atoms with van der Waals surface area (Å²) in [5.41, 5.74) is 1.20. The number of carbonyl (C=O) groups excluding carboxylic acids is 1. The molecule has 1 aromatic carbocycles. The van der Waals surface area contributed by atoms with Gasteiger partial charge in [0.1, 0.15) is 11.5 Å². The van der Waals surface area contributed by atoms with Crippen molar-refractivity contribution in [3.05, 3.63) is 47.4 Å². The number of hydrogen-bond donors (Lipinski definition) is 0. The summed E-state index contributed by atoms with van der Waals surface area (Å²) in [6.45, 7) is 7.35. The van der Waals surface area contributed by atoms with Crippen LogP contribution in [0.5, 0.6) is 11.5 Å². The van der Waals surface area contributed by atoms with Gasteiger partial charge in [0.05, 0.1) is 27.3 Å². The van der Waals surface area contributed by atoms with Crippen molar-refractivity contribution in [3.8, 4) is 11.5 Å². The van der Waals surface area contributed by atoms with Crippen molar-refractivity contribution in [1.82, 2.24) is 14.7 Å². The van der Waals surface area contributed by atoms with Crippen LogP contribution in [0.15, 0.2) is 34.7 Å². The number of carbonyl (C=O) groups is 1. The van der Waals surface area contributed by atoms with Crippen molar-refractivity contribution in [2.24, 2.45) is 0 Å². The Bertz CT molecular complexity index is 812. The van der Waals surface area contributed by atoms with E-state index in [9.17, 15) is 4.79 Å². The third kappa shape index (κ3) is 5.74. The van der Waals surface area contributed by atoms with Gasteiger partial charge < -0.3 is 18.8 Å². The molecule has 1 aromatic heterocycles. The molecule has 0 aliphatic carbocycles. The molecule has 158 valence electrons. The maximum Gasteiger partial charge on any atom is 0.236 e. The number of amides is 1. The molecule has 2 heterocycles. The minimum absolute atomic E-state index is 0.118. The maximum absolute atomic E-state index is 12.5. The summed E-state index contributed by atoms with van der Waals surface area (Å²) in [4.78, 5) is 18.9. The molecule has 0 bridgehead atoms. The van der Waals surface area contributed by atoms with E-state index in [1.807, 2.05) is 38.2 Å². The van der Waals surface area contributed by atoms with Crippen molar-refractivity contribution in [3.63, 3.8) is 0 Å². The van der Waals surface area contributed by atoms with Crippen molar-refractivity contribution in [1.29, 1.82) is 0 Å². The molecule has 2 aromatic rings. The predicted molar refractivity (Wildman–Crippen MR) is 111 cm³/mol. The van der Waals surface area contributed by atoms with Crippen LogP contribution < -0.4 is 9.47 Å². The lowest BCUT2D eigenvalue weighted by Gasteiger charge is -2.35. The van der Waals surface area contributed by atoms with Gasteiger partial charge >= 0.3 is 0 Å². The van der Waals surface area contributed by atoms with Crippen molar-refractivity contribution in [2.75, 3.05) is 54.0 Å². The smallest absolute Gasteiger partial charge is 0.236 e. The van der Waals surface area contributed by atoms with Gasteiger partial charge in [-0.05, 0) is 36.8 Å². The Morgan fingerprint density at radius 2 is 1.72 bits per heavy atom. The van der Waals surface area contributed by atoms with Crippen LogP contribution in [0.1, 0.15) is 17.1 Å². The summed E-state index contributed by atoms with van der Waals surface area (Å²) in [6, 6.07) is 9.89. The predicted octanol–water partition coefficient (Wildman–Crippen LogP) is 2.38. The topological polar surface area (TPSA) is 58.4 Å². The van der Waals surface area contributed by atoms with Crippen LogP contribution in [0.4, 0.5) is 0 Å². The van der Waals surface area contributed by atoms with Gasteiger partial charge in [-0.15, -0.1) is 0 Å². The highest BCUT2D eigenvalue weighted by Gasteiger charge is 2.21. The fourth-order valence-corrected chi connectivity index (χ4v) is 3.55. The van der Waals surface area contributed by atoms with Crippen molar-refractivity contribution in [2.45, 2.75) is 20.0 Å². The quantitative estimate of drug-likeness (QED) is 0.677. The van der Waals surface area contributed by atoms with Gasteiger partial charge in [0.2, 0.25) is 5.91 Å². The van der Waals surface area contributed by atoms with Crippen LogP contribution in [-0.4, -0.2) is 74.6 Å². The van der Waals surface area contributed by atoms with Crippen LogP contribution >= 0.6 is 0 Å². The molecule has 7 nitrogen and oxygen atoms in total. The Morgan fingerprint density at radius 3 is 2.34 bits per heavy atom. The van der Waals surface area contributed by atoms with Crippen LogP contribution in [0.25, 0.3) is 0 Å². The van der Waals surface area contributed by atoms with E-state index in [0.29, 0.717) is 13.1 Å². The highest BCUT2D eigenvalue weighted by molar-refractivity contribution is 5.77. The first-order valence-corrected chi connectivity index (χ1v) is 9.93. The fourth-order valence-electron chi connectivity index (χ4n) is 3.55. The molecule has 0 saturated carbocycles. The number of rotatable bonds is 8. The number of piperazine rings is 1. The average Bonchev–Trinajstić information content (AvgIpc) is 3.13. The van der Waals surface area contributed by atoms with Crippen LogP contribution in [-0.2, 0) is 17.9 Å². The molecular formula is C22H31N3O4. The summed E-state index contributed by atoms with van der Waals surface area (Å²) >= 11 is 0. The number of furan rings is 1. The summed E-state index contributed by atoms with van der Waals surface area (Å²) in [5, 5.41) is 0. The molecular weight excluding hydrogens is 370 g/mol. The minimum Gasteiger partial charge on any atom is -0.493 e. The van der Waals surface area contributed by atoms with E-state index >= 15 is 0 Å². The van der Waals surface area contributed by atoms with Crippen LogP contribution in [0.2, 0.25) is 0 Å². The summed E-state index contributed by atoms with van der Waals surface area (Å²) < 4.78 is 16.3. The number of likely N-dealkylation sites (N-methyl/N-ethyl adjacent to an activating group) is 1. The summed E-state index contributed by atoms with van der Waals surface area (Å²) in [5.74, 6) is 3.30. The first-order chi connectivity index (χ1) is 14.0. The van der Waals surface area contributed by atoms with E-state index in [0.717, 1.165) is 55.7 Å². The average molecular weight is 402 g/mol. The number of ether oxygens (including phenoxy) is 2. The van der Waals surface area contributed by atoms with Gasteiger partial charge in [-0.3, -0.25) is 14.6 Å². The fraction of sp³-hybridized carbons (Fsp3) is 0.500. The number of methoxy groups -OCH3 is 2. The Labute approximate surface area is 172 Å². The largest absolute Gasteiger partial charge is 0.493 e. The molecule has 1 saturated heterocycles. The first-order valence-electron chi connectivity index (χ1n) is 9.93. The van der Waals surface area contributed by atoms with Gasteiger partial charge in [0, 0.05) is 39.8 Å². The molecule has 1 amide bonds. The van der Waals surface area contributed by atoms with Gasteiger partial charge in [-0.25, -0.2) is 0 Å². The zero-order valence-corrected chi connectivity index (χ0v) is 17.8. The van der Waals surface area contributed by atoms with E-state index in [1.165, 1.54) is 5.56 Å². The monoisotopic (exact) mass is 401 g/mol. The second kappa shape index (κ2) is 9.80. The van der Waals surface area contributed by atoms with Gasteiger partial charge in [0.15, 0.2) is 11.5 Å². The molecule has 1 aliphatic rings. The number of hydrogen-bond acceptors (Lipinski definition) is 6. The standard InChI is InChI=1S/C22H31N3O4/c1-17-5-7-19(29-17)15-23(2)22(26)16-25-11-9-24(10-12-25)14-18-6-8-20(27-3)21(13-18)28-4/h5-8,13H,9-12,14-16H2,1-4H3. The highest BCUT2D eigenvalue weighted by Crippen LogP contribution is 2.28. The third-order valence-electron chi connectivity index (χ3n) is 5.29. The van der Waals surface area contributed by atoms with Gasteiger partial charge in [0.25, 0.3) is 0 Å². The molecule has 7 heteroatoms. The normalized spacial score (nSPS) is 15.3. The Morgan fingerprint density at radius 1 is 1.03 bits per heavy atom. The summed E-state index contributed by atoms with van der Waals surface area (Å²) in [6.07, 6.45) is 0. The first kappa shape index (κ1) is 21.2. The van der Waals surface area contributed by atoms with Crippen LogP contribution in [0, 0.1) is 6.92 Å². The van der Waals surface area contributed by atoms with E-state index in [1.54, 1.807) is 19.1 Å². The Kier molecular flexibility index (Phi) is 7.17. The molecule has 1 aliphatic heterocycles. The Balaban J connectivity index is 1.44. The molecule has 0 radical (unpaired) electrons. The highest BCUT2D eigenvalue weighted by atomic mass is 16.5. The second-order valence-electron chi connectivity index (χ2n) is 7.50. The summed E-state index contributed by atoms with van der Waals surface area (Å²) in [7, 11) is 5.13. The van der Waals surface area contributed by atoms with E-state index in [2.05, 4.69) is 15.9 Å². The molecule has 0 spiro atoms. The number of benzene rings is 1. The lowest BCUT2D eigenvalue weighted by atomic mass is 10.1. The molecule has 29 heavy (non-hydrogen) atoms. The molecule has 0 N–H and O–H groups in total. The van der Waals surface area contributed by atoms with Gasteiger partial charge in [-0.2, -0.15) is 0 Å². The lowest BCUT2D eigenvalue weighted by Crippen LogP contribution is -2.49. The van der Waals surface area contributed by atoms with Gasteiger partial charge in [-0.1, -0.05) is 6.07 Å². The van der Waals surface area contributed by atoms with Crippen LogP contribution in [0.3, 0.4) is 0 Å². The van der Waals surface area contributed by atoms with Crippen molar-refractivity contribution < 1.29 is 18.7 Å². The molecule has 1 fully saturated rings. The second-order valence-corrected chi connectivity index (χ2v) is 7.50. The third-order valence-corrected chi connectivity index (χ3v) is 5.29. The van der Waals surface area contributed by atoms with E-state index in [-0.39, 0.29) is 5.91 Å². The Hall–Kier alpha value is -2.51. The lowest BCUT2D eigenvalue weighted by molar-refractivity contribution is -0.132. The van der Waals surface area contributed by atoms with E-state index in [4.69, 9.17) is 13.9 Å². The molecule has 3 rings (SSSR count). The zero-order valence-electron chi connectivity index (χ0n) is 17.8. The van der Waals surface area contributed by atoms with Crippen molar-refractivity contribution >= 4 is 5.91 Å². The minimum atomic E-state index is 0.118. The molecule has 0 atom stereocenters. The number of aryl methyl sites for hydroxylation is 1. The number of nitrogens with zero attached hydrogens (tertiary/aromatic N) is 3. The molecule has 0 unspecified atom stereocenters. The SMILES string of the molecule is COc1ccc(CN2CCN(CC(=O)N(C)Cc3ccc(C)o3)CC2)cc1OC. The maximum atomic E-state index is 12.5. The van der Waals surface area contributed by atoms with E-state index < -0.39 is 0 Å².